The first kappa shape index (κ1) is 16.3. The fourth-order valence-corrected chi connectivity index (χ4v) is 4.47. The van der Waals surface area contributed by atoms with Crippen LogP contribution in [0.15, 0.2) is 34.7 Å². The van der Waals surface area contributed by atoms with Gasteiger partial charge in [0.2, 0.25) is 11.0 Å². The highest BCUT2D eigenvalue weighted by atomic mass is 32.2. The monoisotopic (exact) mass is 348 g/mol. The van der Waals surface area contributed by atoms with E-state index < -0.39 is 0 Å². The Balaban J connectivity index is 1.51. The summed E-state index contributed by atoms with van der Waals surface area (Å²) < 4.78 is 0.834. The Morgan fingerprint density at radius 3 is 2.78 bits per heavy atom. The molecule has 1 aromatic heterocycles. The number of likely N-dealkylation sites (tertiary alicyclic amines) is 1. The van der Waals surface area contributed by atoms with Gasteiger partial charge in [-0.25, -0.2) is 0 Å². The molecular formula is C16H20N4OS2. The van der Waals surface area contributed by atoms with Gasteiger partial charge < -0.3 is 10.2 Å². The highest BCUT2D eigenvalue weighted by Gasteiger charge is 2.24. The number of benzene rings is 1. The molecule has 3 rings (SSSR count). The van der Waals surface area contributed by atoms with Crippen molar-refractivity contribution in [3.05, 3.63) is 35.9 Å². The smallest absolute Gasteiger partial charge is 0.235 e. The molecule has 0 radical (unpaired) electrons. The van der Waals surface area contributed by atoms with E-state index in [4.69, 9.17) is 0 Å². The second-order valence-electron chi connectivity index (χ2n) is 5.50. The summed E-state index contributed by atoms with van der Waals surface area (Å²) in [5, 5.41) is 12.3. The maximum Gasteiger partial charge on any atom is 0.235 e. The lowest BCUT2D eigenvalue weighted by atomic mass is 10.2. The van der Waals surface area contributed by atoms with Crippen molar-refractivity contribution < 1.29 is 4.79 Å². The van der Waals surface area contributed by atoms with Crippen molar-refractivity contribution in [1.82, 2.24) is 15.1 Å². The van der Waals surface area contributed by atoms with Gasteiger partial charge in [0.05, 0.1) is 5.25 Å². The molecule has 1 saturated heterocycles. The SMILES string of the molecule is C[C@@H](Sc1nnc(NCc2ccccc2)s1)C(=O)N1CCCC1. The molecule has 1 aliphatic heterocycles. The summed E-state index contributed by atoms with van der Waals surface area (Å²) in [5.74, 6) is 0.210. The molecule has 0 bridgehead atoms. The Morgan fingerprint density at radius 2 is 2.04 bits per heavy atom. The van der Waals surface area contributed by atoms with E-state index >= 15 is 0 Å². The third-order valence-electron chi connectivity index (χ3n) is 3.74. The topological polar surface area (TPSA) is 58.1 Å². The molecule has 1 atom stereocenters. The lowest BCUT2D eigenvalue weighted by Gasteiger charge is -2.18. The molecule has 2 heterocycles. The van der Waals surface area contributed by atoms with Crippen molar-refractivity contribution in [2.75, 3.05) is 18.4 Å². The van der Waals surface area contributed by atoms with Crippen LogP contribution in [0.25, 0.3) is 0 Å². The molecule has 7 heteroatoms. The molecule has 1 aliphatic rings. The van der Waals surface area contributed by atoms with Gasteiger partial charge >= 0.3 is 0 Å². The van der Waals surface area contributed by atoms with Gasteiger partial charge in [0.25, 0.3) is 0 Å². The average Bonchev–Trinajstić information content (AvgIpc) is 3.25. The normalized spacial score (nSPS) is 15.6. The molecule has 0 unspecified atom stereocenters. The first-order valence-electron chi connectivity index (χ1n) is 7.79. The van der Waals surface area contributed by atoms with Crippen LogP contribution in [0, 0.1) is 0 Å². The van der Waals surface area contributed by atoms with E-state index in [1.165, 1.54) is 28.7 Å². The second-order valence-corrected chi connectivity index (χ2v) is 8.07. The predicted molar refractivity (Wildman–Crippen MR) is 94.8 cm³/mol. The van der Waals surface area contributed by atoms with E-state index in [1.54, 1.807) is 0 Å². The van der Waals surface area contributed by atoms with Crippen molar-refractivity contribution in [3.63, 3.8) is 0 Å². The molecule has 1 aromatic carbocycles. The zero-order chi connectivity index (χ0) is 16.1. The summed E-state index contributed by atoms with van der Waals surface area (Å²) in [5.41, 5.74) is 1.20. The van der Waals surface area contributed by atoms with Gasteiger partial charge in [-0.15, -0.1) is 10.2 Å². The van der Waals surface area contributed by atoms with Crippen LogP contribution < -0.4 is 5.32 Å². The number of anilines is 1. The van der Waals surface area contributed by atoms with Gasteiger partial charge in [-0.2, -0.15) is 0 Å². The molecule has 0 saturated carbocycles. The minimum Gasteiger partial charge on any atom is -0.356 e. The molecule has 122 valence electrons. The van der Waals surface area contributed by atoms with Crippen molar-refractivity contribution in [3.8, 4) is 0 Å². The summed E-state index contributed by atoms with van der Waals surface area (Å²) in [6.07, 6.45) is 2.24. The maximum absolute atomic E-state index is 12.3. The molecular weight excluding hydrogens is 328 g/mol. The van der Waals surface area contributed by atoms with Gasteiger partial charge in [0, 0.05) is 19.6 Å². The summed E-state index contributed by atoms with van der Waals surface area (Å²) in [6, 6.07) is 10.2. The van der Waals surface area contributed by atoms with E-state index in [-0.39, 0.29) is 11.2 Å². The number of hydrogen-bond acceptors (Lipinski definition) is 6. The quantitative estimate of drug-likeness (QED) is 0.812. The van der Waals surface area contributed by atoms with Crippen molar-refractivity contribution in [1.29, 1.82) is 0 Å². The molecule has 23 heavy (non-hydrogen) atoms. The van der Waals surface area contributed by atoms with Crippen LogP contribution >= 0.6 is 23.1 Å². The molecule has 1 fully saturated rings. The second kappa shape index (κ2) is 7.79. The number of rotatable bonds is 6. The average molecular weight is 348 g/mol. The molecule has 0 spiro atoms. The molecule has 1 N–H and O–H groups in total. The lowest BCUT2D eigenvalue weighted by molar-refractivity contribution is -0.129. The molecule has 0 aliphatic carbocycles. The lowest BCUT2D eigenvalue weighted by Crippen LogP contribution is -2.33. The van der Waals surface area contributed by atoms with E-state index in [0.29, 0.717) is 0 Å². The summed E-state index contributed by atoms with van der Waals surface area (Å²) in [6.45, 7) is 4.46. The fraction of sp³-hybridized carbons (Fsp3) is 0.438. The summed E-state index contributed by atoms with van der Waals surface area (Å²) >= 11 is 2.99. The van der Waals surface area contributed by atoms with Crippen LogP contribution in [0.2, 0.25) is 0 Å². The van der Waals surface area contributed by atoms with Crippen molar-refractivity contribution in [2.45, 2.75) is 35.9 Å². The fourth-order valence-electron chi connectivity index (χ4n) is 2.50. The Hall–Kier alpha value is -1.60. The van der Waals surface area contributed by atoms with Gasteiger partial charge in [-0.1, -0.05) is 53.4 Å². The number of aromatic nitrogens is 2. The molecule has 2 aromatic rings. The first-order chi connectivity index (χ1) is 11.2. The number of nitrogens with zero attached hydrogens (tertiary/aromatic N) is 3. The maximum atomic E-state index is 12.3. The highest BCUT2D eigenvalue weighted by molar-refractivity contribution is 8.02. The van der Waals surface area contributed by atoms with Crippen LogP contribution in [0.5, 0.6) is 0 Å². The van der Waals surface area contributed by atoms with Crippen molar-refractivity contribution >= 4 is 34.1 Å². The molecule has 1 amide bonds. The van der Waals surface area contributed by atoms with Gasteiger partial charge in [-0.3, -0.25) is 4.79 Å². The third kappa shape index (κ3) is 4.45. The number of nitrogens with one attached hydrogen (secondary N) is 1. The number of hydrogen-bond donors (Lipinski definition) is 1. The Bertz CT molecular complexity index is 641. The Labute approximate surface area is 144 Å². The minimum atomic E-state index is -0.108. The van der Waals surface area contributed by atoms with E-state index in [2.05, 4.69) is 27.6 Å². The summed E-state index contributed by atoms with van der Waals surface area (Å²) in [7, 11) is 0. The minimum absolute atomic E-state index is 0.108. The largest absolute Gasteiger partial charge is 0.356 e. The van der Waals surface area contributed by atoms with Crippen LogP contribution in [0.3, 0.4) is 0 Å². The standard InChI is InChI=1S/C16H20N4OS2/c1-12(14(21)20-9-5-6-10-20)22-16-19-18-15(23-16)17-11-13-7-3-2-4-8-13/h2-4,7-8,12H,5-6,9-11H2,1H3,(H,17,18)/t12-/m1/s1. The Morgan fingerprint density at radius 1 is 1.30 bits per heavy atom. The van der Waals surface area contributed by atoms with Crippen LogP contribution in [-0.2, 0) is 11.3 Å². The Kier molecular flexibility index (Phi) is 5.51. The first-order valence-corrected chi connectivity index (χ1v) is 9.49. The van der Waals surface area contributed by atoms with E-state index in [9.17, 15) is 4.79 Å². The van der Waals surface area contributed by atoms with Crippen LogP contribution in [-0.4, -0.2) is 39.3 Å². The van der Waals surface area contributed by atoms with Crippen LogP contribution in [0.4, 0.5) is 5.13 Å². The van der Waals surface area contributed by atoms with E-state index in [0.717, 1.165) is 41.9 Å². The number of carbonyl (C=O) groups is 1. The zero-order valence-corrected chi connectivity index (χ0v) is 14.7. The van der Waals surface area contributed by atoms with E-state index in [1.807, 2.05) is 30.0 Å². The van der Waals surface area contributed by atoms with Crippen LogP contribution in [0.1, 0.15) is 25.3 Å². The zero-order valence-electron chi connectivity index (χ0n) is 13.1. The number of carbonyl (C=O) groups excluding carboxylic acids is 1. The number of amides is 1. The predicted octanol–water partition coefficient (Wildman–Crippen LogP) is 3.25. The van der Waals surface area contributed by atoms with Crippen molar-refractivity contribution in [2.24, 2.45) is 0 Å². The third-order valence-corrected chi connectivity index (χ3v) is 5.79. The summed E-state index contributed by atoms with van der Waals surface area (Å²) in [4.78, 5) is 14.3. The van der Waals surface area contributed by atoms with Gasteiger partial charge in [0.1, 0.15) is 0 Å². The molecule has 5 nitrogen and oxygen atoms in total. The highest BCUT2D eigenvalue weighted by Crippen LogP contribution is 2.30. The van der Waals surface area contributed by atoms with Gasteiger partial charge in [-0.05, 0) is 25.3 Å². The van der Waals surface area contributed by atoms with Gasteiger partial charge in [0.15, 0.2) is 4.34 Å². The number of thioether (sulfide) groups is 1.